The third kappa shape index (κ3) is 4.50. The van der Waals surface area contributed by atoms with Crippen molar-refractivity contribution in [3.8, 4) is 0 Å². The largest absolute Gasteiger partial charge is 0.428 e. The van der Waals surface area contributed by atoms with Gasteiger partial charge in [0.15, 0.2) is 0 Å². The van der Waals surface area contributed by atoms with Crippen molar-refractivity contribution in [3.63, 3.8) is 0 Å². The first-order valence-corrected chi connectivity index (χ1v) is 10.1. The van der Waals surface area contributed by atoms with Crippen LogP contribution in [0.5, 0.6) is 0 Å². The summed E-state index contributed by atoms with van der Waals surface area (Å²) in [4.78, 5) is 17.4. The van der Waals surface area contributed by atoms with Crippen molar-refractivity contribution in [3.05, 3.63) is 83.7 Å². The molecule has 144 valence electrons. The second-order valence-corrected chi connectivity index (χ2v) is 7.57. The molecule has 1 aliphatic carbocycles. The van der Waals surface area contributed by atoms with E-state index in [1.807, 2.05) is 36.4 Å². The minimum absolute atomic E-state index is 0.0220. The summed E-state index contributed by atoms with van der Waals surface area (Å²) in [5.74, 6) is 0.933. The fraction of sp³-hybridized carbons (Fsp3) is 0.333. The Balaban J connectivity index is 1.48. The third-order valence-corrected chi connectivity index (χ3v) is 5.57. The van der Waals surface area contributed by atoms with Gasteiger partial charge >= 0.3 is 6.01 Å². The summed E-state index contributed by atoms with van der Waals surface area (Å²) >= 11 is 0. The van der Waals surface area contributed by atoms with Crippen LogP contribution < -0.4 is 5.32 Å². The Labute approximate surface area is 166 Å². The summed E-state index contributed by atoms with van der Waals surface area (Å²) in [6, 6.07) is 20.5. The highest BCUT2D eigenvalue weighted by Gasteiger charge is 2.31. The van der Waals surface area contributed by atoms with Crippen molar-refractivity contribution in [1.29, 1.82) is 0 Å². The van der Waals surface area contributed by atoms with Crippen LogP contribution in [0.25, 0.3) is 0 Å². The zero-order chi connectivity index (χ0) is 19.2. The Bertz CT molecular complexity index is 883. The van der Waals surface area contributed by atoms with Crippen LogP contribution in [0.1, 0.15) is 54.9 Å². The van der Waals surface area contributed by atoms with Crippen molar-refractivity contribution < 1.29 is 9.21 Å². The zero-order valence-electron chi connectivity index (χ0n) is 16.0. The summed E-state index contributed by atoms with van der Waals surface area (Å²) in [6.45, 7) is 0. The monoisotopic (exact) mass is 374 g/mol. The van der Waals surface area contributed by atoms with Crippen LogP contribution in [0.4, 0.5) is 6.01 Å². The number of amides is 1. The number of hydrogen-bond acceptors (Lipinski definition) is 3. The van der Waals surface area contributed by atoms with Crippen LogP contribution in [0, 0.1) is 5.92 Å². The van der Waals surface area contributed by atoms with E-state index >= 15 is 0 Å². The van der Waals surface area contributed by atoms with Gasteiger partial charge in [-0.3, -0.25) is 10.1 Å². The molecule has 1 fully saturated rings. The number of carbonyl (C=O) groups is 1. The van der Waals surface area contributed by atoms with Crippen LogP contribution >= 0.6 is 0 Å². The van der Waals surface area contributed by atoms with E-state index in [0.29, 0.717) is 12.3 Å². The fourth-order valence-corrected chi connectivity index (χ4v) is 4.19. The number of hydrogen-bond donors (Lipinski definition) is 1. The van der Waals surface area contributed by atoms with Gasteiger partial charge in [0.2, 0.25) is 5.91 Å². The summed E-state index contributed by atoms with van der Waals surface area (Å²) in [5.41, 5.74) is 2.23. The molecule has 0 saturated heterocycles. The number of anilines is 1. The average molecular weight is 374 g/mol. The van der Waals surface area contributed by atoms with E-state index < -0.39 is 0 Å². The van der Waals surface area contributed by atoms with Crippen molar-refractivity contribution in [2.24, 2.45) is 5.92 Å². The quantitative estimate of drug-likeness (QED) is 0.614. The van der Waals surface area contributed by atoms with Gasteiger partial charge in [0.1, 0.15) is 5.76 Å². The van der Waals surface area contributed by atoms with Crippen molar-refractivity contribution >= 4 is 11.9 Å². The number of benzene rings is 2. The molecule has 1 atom stereocenters. The molecule has 4 nitrogen and oxygen atoms in total. The van der Waals surface area contributed by atoms with E-state index in [0.717, 1.165) is 29.7 Å². The molecule has 3 aromatic rings. The van der Waals surface area contributed by atoms with Crippen molar-refractivity contribution in [2.45, 2.75) is 44.4 Å². The van der Waals surface area contributed by atoms with Gasteiger partial charge in [-0.25, -0.2) is 4.98 Å². The number of carbonyl (C=O) groups excluding carboxylic acids is 1. The average Bonchev–Trinajstić information content (AvgIpc) is 3.17. The Morgan fingerprint density at radius 2 is 1.68 bits per heavy atom. The molecule has 4 heteroatoms. The minimum Gasteiger partial charge on any atom is -0.428 e. The van der Waals surface area contributed by atoms with Gasteiger partial charge in [-0.1, -0.05) is 79.9 Å². The molecule has 4 rings (SSSR count). The SMILES string of the molecule is O=C(Nc1ncc(Cc2ccccc2)o1)C(c1ccccc1)C1CCCCC1. The Kier molecular flexibility index (Phi) is 5.86. The molecule has 2 aromatic carbocycles. The number of nitrogens with one attached hydrogen (secondary N) is 1. The van der Waals surface area contributed by atoms with Crippen LogP contribution in [-0.2, 0) is 11.2 Å². The topological polar surface area (TPSA) is 55.1 Å². The van der Waals surface area contributed by atoms with Crippen LogP contribution in [0.15, 0.2) is 71.3 Å². The summed E-state index contributed by atoms with van der Waals surface area (Å²) in [6.07, 6.45) is 8.20. The second-order valence-electron chi connectivity index (χ2n) is 7.57. The lowest BCUT2D eigenvalue weighted by Gasteiger charge is -2.29. The Hall–Kier alpha value is -2.88. The van der Waals surface area contributed by atoms with Gasteiger partial charge in [0.25, 0.3) is 0 Å². The first-order chi connectivity index (χ1) is 13.8. The summed E-state index contributed by atoms with van der Waals surface area (Å²) in [7, 11) is 0. The van der Waals surface area contributed by atoms with Crippen LogP contribution in [-0.4, -0.2) is 10.9 Å². The molecule has 0 aliphatic heterocycles. The first-order valence-electron chi connectivity index (χ1n) is 10.1. The first kappa shape index (κ1) is 18.5. The molecule has 1 aromatic heterocycles. The molecule has 0 bridgehead atoms. The van der Waals surface area contributed by atoms with Gasteiger partial charge in [-0.05, 0) is 29.9 Å². The second kappa shape index (κ2) is 8.87. The molecule has 1 saturated carbocycles. The standard InChI is InChI=1S/C24H26N2O2/c27-23(22(19-12-6-2-7-13-19)20-14-8-3-9-15-20)26-24-25-17-21(28-24)16-18-10-4-1-5-11-18/h1-2,4-7,10-13,17,20,22H,3,8-9,14-16H2,(H,25,26,27). The highest BCUT2D eigenvalue weighted by molar-refractivity contribution is 5.94. The van der Waals surface area contributed by atoms with Gasteiger partial charge in [-0.15, -0.1) is 0 Å². The van der Waals surface area contributed by atoms with Gasteiger partial charge in [-0.2, -0.15) is 0 Å². The van der Waals surface area contributed by atoms with E-state index in [2.05, 4.69) is 34.6 Å². The van der Waals surface area contributed by atoms with Crippen LogP contribution in [0.2, 0.25) is 0 Å². The lowest BCUT2D eigenvalue weighted by Crippen LogP contribution is -2.29. The number of nitrogens with zero attached hydrogens (tertiary/aromatic N) is 1. The maximum atomic E-state index is 13.2. The fourth-order valence-electron chi connectivity index (χ4n) is 4.19. The number of rotatable bonds is 6. The Morgan fingerprint density at radius 1 is 1.00 bits per heavy atom. The van der Waals surface area contributed by atoms with E-state index in [9.17, 15) is 4.79 Å². The van der Waals surface area contributed by atoms with Gasteiger partial charge < -0.3 is 4.42 Å². The Morgan fingerprint density at radius 3 is 2.39 bits per heavy atom. The molecular formula is C24H26N2O2. The molecule has 1 aliphatic rings. The van der Waals surface area contributed by atoms with E-state index in [4.69, 9.17) is 4.42 Å². The summed E-state index contributed by atoms with van der Waals surface area (Å²) < 4.78 is 5.79. The lowest BCUT2D eigenvalue weighted by molar-refractivity contribution is -0.119. The molecule has 1 N–H and O–H groups in total. The van der Waals surface area contributed by atoms with E-state index in [1.165, 1.54) is 19.3 Å². The molecule has 1 heterocycles. The lowest BCUT2D eigenvalue weighted by atomic mass is 9.76. The summed E-state index contributed by atoms with van der Waals surface area (Å²) in [5, 5.41) is 2.93. The molecule has 0 spiro atoms. The number of oxazole rings is 1. The predicted octanol–water partition coefficient (Wildman–Crippen LogP) is 5.57. The maximum absolute atomic E-state index is 13.2. The molecular weight excluding hydrogens is 348 g/mol. The third-order valence-electron chi connectivity index (χ3n) is 5.57. The normalized spacial score (nSPS) is 15.9. The zero-order valence-corrected chi connectivity index (χ0v) is 16.0. The predicted molar refractivity (Wildman–Crippen MR) is 110 cm³/mol. The smallest absolute Gasteiger partial charge is 0.301 e. The van der Waals surface area contributed by atoms with Gasteiger partial charge in [0, 0.05) is 6.42 Å². The van der Waals surface area contributed by atoms with Gasteiger partial charge in [0.05, 0.1) is 12.1 Å². The van der Waals surface area contributed by atoms with Crippen LogP contribution in [0.3, 0.4) is 0 Å². The highest BCUT2D eigenvalue weighted by Crippen LogP contribution is 2.36. The van der Waals surface area contributed by atoms with Crippen molar-refractivity contribution in [1.82, 2.24) is 4.98 Å². The molecule has 0 radical (unpaired) electrons. The number of aromatic nitrogens is 1. The van der Waals surface area contributed by atoms with E-state index in [-0.39, 0.29) is 17.8 Å². The van der Waals surface area contributed by atoms with E-state index in [1.54, 1.807) is 6.20 Å². The molecule has 1 unspecified atom stereocenters. The van der Waals surface area contributed by atoms with Crippen molar-refractivity contribution in [2.75, 3.05) is 5.32 Å². The molecule has 1 amide bonds. The molecule has 28 heavy (non-hydrogen) atoms. The minimum atomic E-state index is -0.161. The maximum Gasteiger partial charge on any atom is 0.301 e. The highest BCUT2D eigenvalue weighted by atomic mass is 16.4.